The third-order valence-corrected chi connectivity index (χ3v) is 5.92. The fourth-order valence-electron chi connectivity index (χ4n) is 4.34. The van der Waals surface area contributed by atoms with Crippen LogP contribution in [0.1, 0.15) is 11.1 Å². The Morgan fingerprint density at radius 2 is 1.97 bits per heavy atom. The van der Waals surface area contributed by atoms with Crippen molar-refractivity contribution in [3.8, 4) is 11.3 Å². The lowest BCUT2D eigenvalue weighted by atomic mass is 10.0. The zero-order valence-corrected chi connectivity index (χ0v) is 17.3. The second-order valence-electron chi connectivity index (χ2n) is 8.00. The molecule has 0 radical (unpaired) electrons. The van der Waals surface area contributed by atoms with Crippen molar-refractivity contribution >= 4 is 28.2 Å². The summed E-state index contributed by atoms with van der Waals surface area (Å²) in [4.78, 5) is 23.7. The van der Waals surface area contributed by atoms with E-state index < -0.39 is 17.1 Å². The molecule has 0 fully saturated rings. The zero-order valence-electron chi connectivity index (χ0n) is 17.3. The first-order chi connectivity index (χ1) is 16.1. The van der Waals surface area contributed by atoms with Crippen molar-refractivity contribution in [3.63, 3.8) is 0 Å². The minimum Gasteiger partial charge on any atom is -0.346 e. The van der Waals surface area contributed by atoms with E-state index in [9.17, 15) is 13.6 Å². The zero-order chi connectivity index (χ0) is 22.5. The molecule has 3 aromatic heterocycles. The van der Waals surface area contributed by atoms with Crippen LogP contribution < -0.4 is 16.1 Å². The number of rotatable bonds is 3. The second-order valence-corrected chi connectivity index (χ2v) is 8.00. The molecule has 7 nitrogen and oxygen atoms in total. The monoisotopic (exact) mass is 444 g/mol. The molecule has 2 aromatic carbocycles. The predicted molar refractivity (Wildman–Crippen MR) is 122 cm³/mol. The van der Waals surface area contributed by atoms with Crippen molar-refractivity contribution < 1.29 is 8.78 Å². The third kappa shape index (κ3) is 3.33. The van der Waals surface area contributed by atoms with Crippen LogP contribution in [0.3, 0.4) is 0 Å². The van der Waals surface area contributed by atoms with Crippen LogP contribution >= 0.6 is 0 Å². The van der Waals surface area contributed by atoms with Crippen molar-refractivity contribution in [1.82, 2.24) is 24.7 Å². The Morgan fingerprint density at radius 1 is 1.06 bits per heavy atom. The summed E-state index contributed by atoms with van der Waals surface area (Å²) in [5.41, 5.74) is 3.80. The molecule has 0 atom stereocenters. The minimum atomic E-state index is -0.737. The highest BCUT2D eigenvalue weighted by Gasteiger charge is 2.17. The number of H-pyrrole nitrogens is 1. The number of fused-ring (bicyclic) bond motifs is 4. The highest BCUT2D eigenvalue weighted by atomic mass is 19.1. The lowest BCUT2D eigenvalue weighted by Crippen LogP contribution is -2.23. The maximum Gasteiger partial charge on any atom is 0.227 e. The smallest absolute Gasteiger partial charge is 0.227 e. The van der Waals surface area contributed by atoms with Gasteiger partial charge in [-0.15, -0.1) is 0 Å². The van der Waals surface area contributed by atoms with Gasteiger partial charge in [0.2, 0.25) is 5.95 Å². The standard InChI is InChI=1S/C24H18F2N6O/c25-17-8-15(9-19-22(17)20(33)10-21-28-5-6-32(19)21)23-18(26)12-29-24(31-23)30-16-2-1-14-11-27-4-3-13(14)7-16/h1-2,5-10,12,27-28H,3-4,11H2,(H,29,30,31). The van der Waals surface area contributed by atoms with Crippen molar-refractivity contribution in [2.75, 3.05) is 11.9 Å². The van der Waals surface area contributed by atoms with Gasteiger partial charge < -0.3 is 20.0 Å². The molecular formula is C24H18F2N6O. The van der Waals surface area contributed by atoms with E-state index in [1.807, 2.05) is 18.2 Å². The number of imidazole rings is 1. The molecule has 0 saturated carbocycles. The van der Waals surface area contributed by atoms with E-state index in [4.69, 9.17) is 0 Å². The maximum atomic E-state index is 15.0. The van der Waals surface area contributed by atoms with Crippen LogP contribution in [-0.2, 0) is 13.0 Å². The van der Waals surface area contributed by atoms with Gasteiger partial charge in [0, 0.05) is 36.3 Å². The average molecular weight is 444 g/mol. The van der Waals surface area contributed by atoms with Crippen molar-refractivity contribution in [1.29, 1.82) is 0 Å². The molecule has 6 rings (SSSR count). The number of hydrogen-bond acceptors (Lipinski definition) is 5. The summed E-state index contributed by atoms with van der Waals surface area (Å²) >= 11 is 0. The van der Waals surface area contributed by atoms with E-state index >= 15 is 0 Å². The molecule has 1 aliphatic heterocycles. The SMILES string of the molecule is O=c1cc2[nH]ccn2c2cc(-c3nc(Nc4ccc5c(c4)CCNC5)ncc3F)cc(F)c12. The van der Waals surface area contributed by atoms with E-state index in [1.165, 1.54) is 17.2 Å². The second kappa shape index (κ2) is 7.49. The van der Waals surface area contributed by atoms with Crippen LogP contribution in [-0.4, -0.2) is 25.9 Å². The molecule has 1 aliphatic rings. The molecule has 0 saturated heterocycles. The molecule has 0 amide bonds. The van der Waals surface area contributed by atoms with Crippen LogP contribution in [0.4, 0.5) is 20.4 Å². The summed E-state index contributed by atoms with van der Waals surface area (Å²) in [6, 6.07) is 10.0. The van der Waals surface area contributed by atoms with Crippen LogP contribution in [0.15, 0.2) is 59.8 Å². The van der Waals surface area contributed by atoms with Gasteiger partial charge in [-0.3, -0.25) is 4.79 Å². The lowest BCUT2D eigenvalue weighted by Gasteiger charge is -2.18. The molecule has 0 unspecified atom stereocenters. The number of benzene rings is 2. The predicted octanol–water partition coefficient (Wildman–Crippen LogP) is 3.91. The highest BCUT2D eigenvalue weighted by molar-refractivity contribution is 5.87. The number of anilines is 2. The summed E-state index contributed by atoms with van der Waals surface area (Å²) in [5, 5.41) is 6.38. The van der Waals surface area contributed by atoms with Crippen molar-refractivity contribution in [3.05, 3.63) is 88.0 Å². The van der Waals surface area contributed by atoms with Gasteiger partial charge in [0.05, 0.1) is 17.1 Å². The topological polar surface area (TPSA) is 87.1 Å². The molecule has 0 spiro atoms. The van der Waals surface area contributed by atoms with Gasteiger partial charge in [-0.1, -0.05) is 6.07 Å². The van der Waals surface area contributed by atoms with Gasteiger partial charge in [-0.25, -0.2) is 18.7 Å². The maximum absolute atomic E-state index is 15.0. The Balaban J connectivity index is 1.44. The molecule has 33 heavy (non-hydrogen) atoms. The largest absolute Gasteiger partial charge is 0.346 e. The van der Waals surface area contributed by atoms with E-state index in [-0.39, 0.29) is 22.6 Å². The first-order valence-corrected chi connectivity index (χ1v) is 10.5. The summed E-state index contributed by atoms with van der Waals surface area (Å²) in [6.07, 6.45) is 5.29. The Bertz CT molecular complexity index is 1610. The summed E-state index contributed by atoms with van der Waals surface area (Å²) in [5.74, 6) is -1.24. The first kappa shape index (κ1) is 19.6. The number of aromatic amines is 1. The molecule has 5 aromatic rings. The van der Waals surface area contributed by atoms with Gasteiger partial charge in [0.15, 0.2) is 11.2 Å². The van der Waals surface area contributed by atoms with Gasteiger partial charge >= 0.3 is 0 Å². The lowest BCUT2D eigenvalue weighted by molar-refractivity contribution is 0.617. The Hall–Kier alpha value is -4.11. The number of hydrogen-bond donors (Lipinski definition) is 3. The van der Waals surface area contributed by atoms with Gasteiger partial charge in [0.25, 0.3) is 0 Å². The van der Waals surface area contributed by atoms with Crippen molar-refractivity contribution in [2.45, 2.75) is 13.0 Å². The first-order valence-electron chi connectivity index (χ1n) is 10.5. The van der Waals surface area contributed by atoms with Gasteiger partial charge in [-0.05, 0) is 48.4 Å². The number of nitrogens with zero attached hydrogens (tertiary/aromatic N) is 3. The van der Waals surface area contributed by atoms with E-state index in [1.54, 1.807) is 22.9 Å². The third-order valence-electron chi connectivity index (χ3n) is 5.92. The quantitative estimate of drug-likeness (QED) is 0.393. The molecule has 0 bridgehead atoms. The number of pyridine rings is 1. The molecule has 9 heteroatoms. The summed E-state index contributed by atoms with van der Waals surface area (Å²) in [6.45, 7) is 1.75. The Labute approximate surface area is 186 Å². The van der Waals surface area contributed by atoms with E-state index in [2.05, 4.69) is 25.6 Å². The molecule has 4 heterocycles. The Kier molecular flexibility index (Phi) is 4.44. The van der Waals surface area contributed by atoms with Crippen LogP contribution in [0.5, 0.6) is 0 Å². The normalized spacial score (nSPS) is 13.4. The van der Waals surface area contributed by atoms with Crippen LogP contribution in [0.25, 0.3) is 27.8 Å². The highest BCUT2D eigenvalue weighted by Crippen LogP contribution is 2.28. The number of aromatic nitrogens is 4. The summed E-state index contributed by atoms with van der Waals surface area (Å²) < 4.78 is 31.3. The Morgan fingerprint density at radius 3 is 2.88 bits per heavy atom. The van der Waals surface area contributed by atoms with E-state index in [0.717, 1.165) is 37.5 Å². The van der Waals surface area contributed by atoms with Gasteiger partial charge in [-0.2, -0.15) is 0 Å². The molecular weight excluding hydrogens is 426 g/mol. The fraction of sp³-hybridized carbons (Fsp3) is 0.125. The minimum absolute atomic E-state index is 0.0592. The van der Waals surface area contributed by atoms with Crippen LogP contribution in [0, 0.1) is 11.6 Å². The molecule has 0 aliphatic carbocycles. The molecule has 3 N–H and O–H groups in total. The van der Waals surface area contributed by atoms with Crippen molar-refractivity contribution in [2.24, 2.45) is 0 Å². The van der Waals surface area contributed by atoms with Gasteiger partial charge in [0.1, 0.15) is 17.2 Å². The summed E-state index contributed by atoms with van der Waals surface area (Å²) in [7, 11) is 0. The number of nitrogens with one attached hydrogen (secondary N) is 3. The average Bonchev–Trinajstić information content (AvgIpc) is 3.28. The fourth-order valence-corrected chi connectivity index (χ4v) is 4.34. The molecule has 164 valence electrons. The van der Waals surface area contributed by atoms with E-state index in [0.29, 0.717) is 11.2 Å². The van der Waals surface area contributed by atoms with Crippen LogP contribution in [0.2, 0.25) is 0 Å². The number of halogens is 2.